The summed E-state index contributed by atoms with van der Waals surface area (Å²) in [7, 11) is -2.75. The van der Waals surface area contributed by atoms with Gasteiger partial charge in [0, 0.05) is 11.3 Å². The first-order valence-corrected chi connectivity index (χ1v) is 10.2. The number of ether oxygens (including phenoxy) is 1. The van der Waals surface area contributed by atoms with Crippen molar-refractivity contribution in [3.05, 3.63) is 89.7 Å². The number of carbonyl (C=O) groups is 2. The van der Waals surface area contributed by atoms with Crippen LogP contribution >= 0.6 is 0 Å². The molecule has 3 aromatic rings. The minimum atomic E-state index is -4.02. The van der Waals surface area contributed by atoms with E-state index in [1.54, 1.807) is 12.1 Å². The fourth-order valence-corrected chi connectivity index (χ4v) is 3.61. The highest BCUT2D eigenvalue weighted by molar-refractivity contribution is 7.92. The van der Waals surface area contributed by atoms with Crippen LogP contribution in [0.15, 0.2) is 77.7 Å². The van der Waals surface area contributed by atoms with Crippen molar-refractivity contribution >= 4 is 33.3 Å². The Kier molecular flexibility index (Phi) is 6.12. The number of rotatable bonds is 6. The molecular formula is C21H17FN2O5S. The van der Waals surface area contributed by atoms with E-state index >= 15 is 0 Å². The van der Waals surface area contributed by atoms with Crippen LogP contribution in [0.1, 0.15) is 20.7 Å². The van der Waals surface area contributed by atoms with E-state index in [2.05, 4.69) is 14.8 Å². The molecule has 0 aliphatic heterocycles. The summed E-state index contributed by atoms with van der Waals surface area (Å²) >= 11 is 0. The molecule has 3 aromatic carbocycles. The van der Waals surface area contributed by atoms with Crippen LogP contribution in [-0.2, 0) is 14.8 Å². The maximum atomic E-state index is 13.7. The maximum Gasteiger partial charge on any atom is 0.337 e. The summed E-state index contributed by atoms with van der Waals surface area (Å²) in [5.74, 6) is -1.66. The second-order valence-electron chi connectivity index (χ2n) is 6.13. The van der Waals surface area contributed by atoms with Gasteiger partial charge in [-0.1, -0.05) is 12.1 Å². The number of methoxy groups -OCH3 is 1. The summed E-state index contributed by atoms with van der Waals surface area (Å²) in [6.07, 6.45) is 0. The van der Waals surface area contributed by atoms with Gasteiger partial charge in [0.05, 0.1) is 23.3 Å². The van der Waals surface area contributed by atoms with E-state index in [-0.39, 0.29) is 16.1 Å². The summed E-state index contributed by atoms with van der Waals surface area (Å²) < 4.78 is 45.3. The predicted octanol–water partition coefficient (Wildman–Crippen LogP) is 3.67. The lowest BCUT2D eigenvalue weighted by atomic mass is 10.2. The minimum absolute atomic E-state index is 0.121. The van der Waals surface area contributed by atoms with Crippen LogP contribution in [0, 0.1) is 5.82 Å². The van der Waals surface area contributed by atoms with Gasteiger partial charge in [-0.25, -0.2) is 17.6 Å². The molecule has 0 aliphatic rings. The van der Waals surface area contributed by atoms with E-state index in [1.807, 2.05) is 0 Å². The molecule has 0 saturated heterocycles. The number of nitrogens with one attached hydrogen (secondary N) is 2. The molecule has 9 heteroatoms. The second-order valence-corrected chi connectivity index (χ2v) is 7.82. The van der Waals surface area contributed by atoms with Crippen molar-refractivity contribution in [3.8, 4) is 0 Å². The number of hydrogen-bond acceptors (Lipinski definition) is 5. The molecule has 7 nitrogen and oxygen atoms in total. The van der Waals surface area contributed by atoms with Crippen molar-refractivity contribution in [2.24, 2.45) is 0 Å². The van der Waals surface area contributed by atoms with Crippen LogP contribution in [0.25, 0.3) is 0 Å². The van der Waals surface area contributed by atoms with Crippen LogP contribution in [0.5, 0.6) is 0 Å². The van der Waals surface area contributed by atoms with Gasteiger partial charge in [-0.2, -0.15) is 0 Å². The fourth-order valence-electron chi connectivity index (χ4n) is 2.54. The first-order valence-electron chi connectivity index (χ1n) is 8.67. The van der Waals surface area contributed by atoms with Crippen LogP contribution in [0.4, 0.5) is 15.8 Å². The summed E-state index contributed by atoms with van der Waals surface area (Å²) in [5, 5.41) is 2.64. The summed E-state index contributed by atoms with van der Waals surface area (Å²) in [6, 6.07) is 16.7. The molecule has 0 heterocycles. The third-order valence-corrected chi connectivity index (χ3v) is 5.49. The summed E-state index contributed by atoms with van der Waals surface area (Å²) in [5.41, 5.74) is 0.838. The molecule has 0 unspecified atom stereocenters. The SMILES string of the molecule is COC(=O)c1ccc(NC(=O)c2ccc(S(=O)(=O)Nc3ccccc3F)cc2)cc1. The molecule has 154 valence electrons. The Balaban J connectivity index is 1.71. The monoisotopic (exact) mass is 428 g/mol. The number of benzene rings is 3. The van der Waals surface area contributed by atoms with E-state index in [0.717, 1.165) is 6.07 Å². The molecule has 2 N–H and O–H groups in total. The van der Waals surface area contributed by atoms with E-state index < -0.39 is 27.7 Å². The smallest absolute Gasteiger partial charge is 0.337 e. The number of hydrogen-bond donors (Lipinski definition) is 2. The van der Waals surface area contributed by atoms with Crippen molar-refractivity contribution in [1.29, 1.82) is 0 Å². The molecule has 0 aromatic heterocycles. The number of esters is 1. The van der Waals surface area contributed by atoms with Crippen molar-refractivity contribution in [3.63, 3.8) is 0 Å². The van der Waals surface area contributed by atoms with E-state index in [1.165, 1.54) is 61.7 Å². The molecular weight excluding hydrogens is 411 g/mol. The number of anilines is 2. The number of para-hydroxylation sites is 1. The molecule has 0 radical (unpaired) electrons. The number of amides is 1. The largest absolute Gasteiger partial charge is 0.465 e. The topological polar surface area (TPSA) is 102 Å². The Morgan fingerprint density at radius 3 is 2.07 bits per heavy atom. The Hall–Kier alpha value is -3.72. The zero-order valence-corrected chi connectivity index (χ0v) is 16.6. The van der Waals surface area contributed by atoms with Gasteiger partial charge < -0.3 is 10.1 Å². The maximum absolute atomic E-state index is 13.7. The van der Waals surface area contributed by atoms with Crippen LogP contribution in [0.2, 0.25) is 0 Å². The third-order valence-electron chi connectivity index (χ3n) is 4.11. The van der Waals surface area contributed by atoms with Gasteiger partial charge in [0.25, 0.3) is 15.9 Å². The first kappa shape index (κ1) is 21.0. The number of carbonyl (C=O) groups excluding carboxylic acids is 2. The van der Waals surface area contributed by atoms with Gasteiger partial charge >= 0.3 is 5.97 Å². The molecule has 0 aliphatic carbocycles. The molecule has 0 atom stereocenters. The van der Waals surface area contributed by atoms with Crippen molar-refractivity contribution in [2.75, 3.05) is 17.1 Å². The van der Waals surface area contributed by atoms with Crippen molar-refractivity contribution in [1.82, 2.24) is 0 Å². The lowest BCUT2D eigenvalue weighted by molar-refractivity contribution is 0.0600. The van der Waals surface area contributed by atoms with Gasteiger partial charge in [0.2, 0.25) is 0 Å². The summed E-state index contributed by atoms with van der Waals surface area (Å²) in [6.45, 7) is 0. The Labute approximate surface area is 172 Å². The lowest BCUT2D eigenvalue weighted by Crippen LogP contribution is -2.15. The van der Waals surface area contributed by atoms with Gasteiger partial charge in [0.1, 0.15) is 5.82 Å². The Morgan fingerprint density at radius 1 is 0.867 bits per heavy atom. The number of halogens is 1. The summed E-state index contributed by atoms with van der Waals surface area (Å²) in [4.78, 5) is 23.7. The highest BCUT2D eigenvalue weighted by Gasteiger charge is 2.17. The normalized spacial score (nSPS) is 10.9. The van der Waals surface area contributed by atoms with E-state index in [9.17, 15) is 22.4 Å². The molecule has 0 fully saturated rings. The standard InChI is InChI=1S/C21H17FN2O5S/c1-29-21(26)15-6-10-16(11-7-15)23-20(25)14-8-12-17(13-9-14)30(27,28)24-19-5-3-2-4-18(19)22/h2-13,24H,1H3,(H,23,25). The van der Waals surface area contributed by atoms with Gasteiger partial charge in [-0.05, 0) is 60.7 Å². The second kappa shape index (κ2) is 8.75. The lowest BCUT2D eigenvalue weighted by Gasteiger charge is -2.10. The Morgan fingerprint density at radius 2 is 1.47 bits per heavy atom. The molecule has 30 heavy (non-hydrogen) atoms. The van der Waals surface area contributed by atoms with Gasteiger partial charge in [-0.15, -0.1) is 0 Å². The molecule has 3 rings (SSSR count). The zero-order chi connectivity index (χ0) is 21.7. The van der Waals surface area contributed by atoms with Gasteiger partial charge in [-0.3, -0.25) is 9.52 Å². The number of sulfonamides is 1. The Bertz CT molecular complexity index is 1180. The van der Waals surface area contributed by atoms with E-state index in [4.69, 9.17) is 0 Å². The average molecular weight is 428 g/mol. The fraction of sp³-hybridized carbons (Fsp3) is 0.0476. The zero-order valence-electron chi connectivity index (χ0n) is 15.8. The van der Waals surface area contributed by atoms with E-state index in [0.29, 0.717) is 11.3 Å². The van der Waals surface area contributed by atoms with Crippen LogP contribution < -0.4 is 10.0 Å². The van der Waals surface area contributed by atoms with Crippen LogP contribution in [0.3, 0.4) is 0 Å². The molecule has 0 spiro atoms. The van der Waals surface area contributed by atoms with Crippen LogP contribution in [-0.4, -0.2) is 27.4 Å². The predicted molar refractivity (Wildman–Crippen MR) is 109 cm³/mol. The highest BCUT2D eigenvalue weighted by atomic mass is 32.2. The van der Waals surface area contributed by atoms with Crippen molar-refractivity contribution in [2.45, 2.75) is 4.90 Å². The first-order chi connectivity index (χ1) is 14.3. The van der Waals surface area contributed by atoms with Gasteiger partial charge in [0.15, 0.2) is 0 Å². The highest BCUT2D eigenvalue weighted by Crippen LogP contribution is 2.20. The van der Waals surface area contributed by atoms with Crippen molar-refractivity contribution < 1.29 is 27.1 Å². The minimum Gasteiger partial charge on any atom is -0.465 e. The molecule has 0 bridgehead atoms. The molecule has 0 saturated carbocycles. The molecule has 1 amide bonds. The third kappa shape index (κ3) is 4.81. The quantitative estimate of drug-likeness (QED) is 0.584. The average Bonchev–Trinajstić information content (AvgIpc) is 2.75.